The highest BCUT2D eigenvalue weighted by molar-refractivity contribution is 9.10. The van der Waals surface area contributed by atoms with Crippen molar-refractivity contribution in [1.29, 1.82) is 0 Å². The SMILES string of the molecule is Cc1ccn2c(C3CCOCC3)nc(Br)c2c1. The quantitative estimate of drug-likeness (QED) is 0.807. The molecule has 0 atom stereocenters. The molecule has 0 spiro atoms. The summed E-state index contributed by atoms with van der Waals surface area (Å²) in [5.74, 6) is 1.68. The summed E-state index contributed by atoms with van der Waals surface area (Å²) in [6.45, 7) is 3.81. The Hall–Kier alpha value is -0.870. The lowest BCUT2D eigenvalue weighted by Crippen LogP contribution is -2.16. The van der Waals surface area contributed by atoms with Crippen molar-refractivity contribution in [2.45, 2.75) is 25.7 Å². The molecule has 4 heteroatoms. The lowest BCUT2D eigenvalue weighted by Gasteiger charge is -2.20. The molecule has 0 saturated carbocycles. The first-order valence-electron chi connectivity index (χ1n) is 5.97. The third-order valence-electron chi connectivity index (χ3n) is 3.37. The fourth-order valence-electron chi connectivity index (χ4n) is 2.42. The van der Waals surface area contributed by atoms with E-state index >= 15 is 0 Å². The van der Waals surface area contributed by atoms with Crippen molar-refractivity contribution in [2.75, 3.05) is 13.2 Å². The molecule has 2 aromatic heterocycles. The van der Waals surface area contributed by atoms with Gasteiger partial charge in [0.05, 0.1) is 5.52 Å². The zero-order chi connectivity index (χ0) is 11.8. The number of hydrogen-bond donors (Lipinski definition) is 0. The lowest BCUT2D eigenvalue weighted by molar-refractivity contribution is 0.0835. The minimum Gasteiger partial charge on any atom is -0.381 e. The molecule has 0 radical (unpaired) electrons. The first-order chi connectivity index (χ1) is 8.25. The summed E-state index contributed by atoms with van der Waals surface area (Å²) in [7, 11) is 0. The molecule has 1 aliphatic rings. The molecule has 0 aromatic carbocycles. The van der Waals surface area contributed by atoms with Gasteiger partial charge in [-0.15, -0.1) is 0 Å². The van der Waals surface area contributed by atoms with Gasteiger partial charge in [-0.1, -0.05) is 0 Å². The van der Waals surface area contributed by atoms with Crippen molar-refractivity contribution >= 4 is 21.4 Å². The van der Waals surface area contributed by atoms with E-state index in [0.29, 0.717) is 5.92 Å². The topological polar surface area (TPSA) is 26.5 Å². The Morgan fingerprint density at radius 1 is 1.41 bits per heavy atom. The van der Waals surface area contributed by atoms with E-state index < -0.39 is 0 Å². The Kier molecular flexibility index (Phi) is 2.92. The van der Waals surface area contributed by atoms with Gasteiger partial charge >= 0.3 is 0 Å². The predicted molar refractivity (Wildman–Crippen MR) is 70.4 cm³/mol. The summed E-state index contributed by atoms with van der Waals surface area (Å²) in [4.78, 5) is 4.68. The second-order valence-corrected chi connectivity index (χ2v) is 5.36. The van der Waals surface area contributed by atoms with E-state index in [1.54, 1.807) is 0 Å². The molecular formula is C13H15BrN2O. The zero-order valence-corrected chi connectivity index (χ0v) is 11.4. The van der Waals surface area contributed by atoms with Crippen LogP contribution in [0.2, 0.25) is 0 Å². The Labute approximate surface area is 109 Å². The molecule has 1 saturated heterocycles. The van der Waals surface area contributed by atoms with Crippen LogP contribution in [-0.4, -0.2) is 22.6 Å². The van der Waals surface area contributed by atoms with E-state index in [9.17, 15) is 0 Å². The van der Waals surface area contributed by atoms with Gasteiger partial charge in [-0.25, -0.2) is 4.98 Å². The molecule has 0 aliphatic carbocycles. The summed E-state index contributed by atoms with van der Waals surface area (Å²) in [5, 5.41) is 0. The summed E-state index contributed by atoms with van der Waals surface area (Å²) < 4.78 is 8.56. The zero-order valence-electron chi connectivity index (χ0n) is 9.82. The summed E-state index contributed by atoms with van der Waals surface area (Å²) in [6.07, 6.45) is 4.26. The number of nitrogens with zero attached hydrogens (tertiary/aromatic N) is 2. The van der Waals surface area contributed by atoms with Crippen LogP contribution in [0, 0.1) is 6.92 Å². The van der Waals surface area contributed by atoms with Gasteiger partial charge in [-0.3, -0.25) is 0 Å². The highest BCUT2D eigenvalue weighted by Crippen LogP contribution is 2.30. The first kappa shape index (κ1) is 11.2. The van der Waals surface area contributed by atoms with Crippen molar-refractivity contribution < 1.29 is 4.74 Å². The summed E-state index contributed by atoms with van der Waals surface area (Å²) >= 11 is 3.56. The summed E-state index contributed by atoms with van der Waals surface area (Å²) in [5.41, 5.74) is 2.42. The molecule has 0 unspecified atom stereocenters. The minimum atomic E-state index is 0.519. The Morgan fingerprint density at radius 3 is 2.94 bits per heavy atom. The monoisotopic (exact) mass is 294 g/mol. The van der Waals surface area contributed by atoms with Gasteiger partial charge < -0.3 is 9.14 Å². The molecule has 1 aliphatic heterocycles. The standard InChI is InChI=1S/C13H15BrN2O/c1-9-2-5-16-11(8-9)12(14)15-13(16)10-3-6-17-7-4-10/h2,5,8,10H,3-4,6-7H2,1H3. The Morgan fingerprint density at radius 2 is 2.18 bits per heavy atom. The van der Waals surface area contributed by atoms with Crippen LogP contribution in [0.3, 0.4) is 0 Å². The van der Waals surface area contributed by atoms with Gasteiger partial charge in [-0.2, -0.15) is 0 Å². The average molecular weight is 295 g/mol. The van der Waals surface area contributed by atoms with Crippen molar-refractivity contribution in [2.24, 2.45) is 0 Å². The Balaban J connectivity index is 2.10. The van der Waals surface area contributed by atoms with Crippen LogP contribution in [0.25, 0.3) is 5.52 Å². The van der Waals surface area contributed by atoms with Crippen LogP contribution >= 0.6 is 15.9 Å². The third kappa shape index (κ3) is 2.00. The van der Waals surface area contributed by atoms with Crippen molar-refractivity contribution in [3.8, 4) is 0 Å². The van der Waals surface area contributed by atoms with Crippen LogP contribution < -0.4 is 0 Å². The van der Waals surface area contributed by atoms with E-state index in [1.807, 2.05) is 0 Å². The molecule has 17 heavy (non-hydrogen) atoms. The highest BCUT2D eigenvalue weighted by atomic mass is 79.9. The molecule has 0 bridgehead atoms. The largest absolute Gasteiger partial charge is 0.381 e. The van der Waals surface area contributed by atoms with Crippen molar-refractivity contribution in [3.05, 3.63) is 34.3 Å². The molecule has 3 heterocycles. The predicted octanol–water partition coefficient (Wildman–Crippen LogP) is 3.30. The normalized spacial score (nSPS) is 17.8. The maximum atomic E-state index is 5.41. The number of pyridine rings is 1. The van der Waals surface area contributed by atoms with Gasteiger partial charge in [0.2, 0.25) is 0 Å². The minimum absolute atomic E-state index is 0.519. The number of rotatable bonds is 1. The van der Waals surface area contributed by atoms with E-state index in [4.69, 9.17) is 4.74 Å². The van der Waals surface area contributed by atoms with Crippen molar-refractivity contribution in [1.82, 2.24) is 9.38 Å². The fraction of sp³-hybridized carbons (Fsp3) is 0.462. The average Bonchev–Trinajstić information content (AvgIpc) is 2.68. The van der Waals surface area contributed by atoms with Gasteiger partial charge in [0, 0.05) is 25.3 Å². The number of aromatic nitrogens is 2. The van der Waals surface area contributed by atoms with Gasteiger partial charge in [0.1, 0.15) is 10.4 Å². The number of halogens is 1. The van der Waals surface area contributed by atoms with Crippen LogP contribution in [0.5, 0.6) is 0 Å². The van der Waals surface area contributed by atoms with E-state index in [0.717, 1.165) is 42.0 Å². The summed E-state index contributed by atoms with van der Waals surface area (Å²) in [6, 6.07) is 4.30. The van der Waals surface area contributed by atoms with Gasteiger partial charge in [0.15, 0.2) is 0 Å². The van der Waals surface area contributed by atoms with Gasteiger partial charge in [-0.05, 0) is 53.4 Å². The van der Waals surface area contributed by atoms with Crippen molar-refractivity contribution in [3.63, 3.8) is 0 Å². The second-order valence-electron chi connectivity index (χ2n) is 4.61. The molecule has 3 rings (SSSR count). The fourth-order valence-corrected chi connectivity index (χ4v) is 2.91. The smallest absolute Gasteiger partial charge is 0.132 e. The molecule has 2 aromatic rings. The Bertz CT molecular complexity index is 544. The first-order valence-corrected chi connectivity index (χ1v) is 6.77. The molecule has 90 valence electrons. The maximum absolute atomic E-state index is 5.41. The number of imidazole rings is 1. The number of aryl methyl sites for hydroxylation is 1. The van der Waals surface area contributed by atoms with Crippen LogP contribution in [-0.2, 0) is 4.74 Å². The molecule has 1 fully saturated rings. The molecule has 0 amide bonds. The number of fused-ring (bicyclic) bond motifs is 1. The maximum Gasteiger partial charge on any atom is 0.132 e. The van der Waals surface area contributed by atoms with E-state index in [1.165, 1.54) is 5.56 Å². The molecule has 0 N–H and O–H groups in total. The number of hydrogen-bond acceptors (Lipinski definition) is 2. The second kappa shape index (κ2) is 4.42. The van der Waals surface area contributed by atoms with Gasteiger partial charge in [0.25, 0.3) is 0 Å². The third-order valence-corrected chi connectivity index (χ3v) is 3.95. The van der Waals surface area contributed by atoms with E-state index in [2.05, 4.69) is 50.6 Å². The number of ether oxygens (including phenoxy) is 1. The van der Waals surface area contributed by atoms with Crippen LogP contribution in [0.15, 0.2) is 22.9 Å². The molecular weight excluding hydrogens is 280 g/mol. The van der Waals surface area contributed by atoms with E-state index in [-0.39, 0.29) is 0 Å². The van der Waals surface area contributed by atoms with Crippen LogP contribution in [0.1, 0.15) is 30.1 Å². The molecule has 3 nitrogen and oxygen atoms in total. The highest BCUT2D eigenvalue weighted by Gasteiger charge is 2.21. The van der Waals surface area contributed by atoms with Crippen LogP contribution in [0.4, 0.5) is 0 Å². The lowest BCUT2D eigenvalue weighted by atomic mass is 9.99.